The second-order valence-electron chi connectivity index (χ2n) is 1.59. The Morgan fingerprint density at radius 2 is 2.38 bits per heavy atom. The van der Waals surface area contributed by atoms with Crippen LogP contribution >= 0.6 is 0 Å². The first-order valence-electron chi connectivity index (χ1n) is 2.62. The molecule has 0 fully saturated rings. The van der Waals surface area contributed by atoms with Crippen LogP contribution in [-0.2, 0) is 4.79 Å². The summed E-state index contributed by atoms with van der Waals surface area (Å²) in [5.41, 5.74) is -0.102. The Morgan fingerprint density at radius 3 is 2.38 bits per heavy atom. The van der Waals surface area contributed by atoms with Gasteiger partial charge in [-0.1, -0.05) is 13.5 Å². The summed E-state index contributed by atoms with van der Waals surface area (Å²) >= 11 is 0. The third kappa shape index (κ3) is 2.11. The first-order valence-corrected chi connectivity index (χ1v) is 4.20. The van der Waals surface area contributed by atoms with Gasteiger partial charge in [0.05, 0.1) is 9.52 Å². The molecule has 0 aromatic heterocycles. The van der Waals surface area contributed by atoms with E-state index in [1.165, 1.54) is 0 Å². The Balaban J connectivity index is 3.52. The maximum atomic E-state index is 10.2. The molecule has 0 rings (SSSR count). The topological polar surface area (TPSA) is 37.3 Å². The minimum absolute atomic E-state index is 0.102. The number of carboxylic acids is 1. The van der Waals surface area contributed by atoms with E-state index in [0.29, 0.717) is 9.52 Å². The zero-order valence-electron chi connectivity index (χ0n) is 5.14. The smallest absolute Gasteiger partial charge is 0.303 e. The standard InChI is InChI=1S/C5H10O2Si/c1-3-4(8-2)5(6)7/h4H,3H2,1-2H3,(H,6,7). The monoisotopic (exact) mass is 130 g/mol. The number of carboxylic acid groups (broad SMARTS) is 1. The molecule has 0 saturated carbocycles. The van der Waals surface area contributed by atoms with Gasteiger partial charge in [0, 0.05) is 5.54 Å². The summed E-state index contributed by atoms with van der Waals surface area (Å²) in [5, 5.41) is 8.38. The molecule has 0 amide bonds. The van der Waals surface area contributed by atoms with Crippen LogP contribution in [0.2, 0.25) is 12.1 Å². The highest BCUT2D eigenvalue weighted by molar-refractivity contribution is 6.41. The van der Waals surface area contributed by atoms with Crippen molar-refractivity contribution in [1.29, 1.82) is 0 Å². The lowest BCUT2D eigenvalue weighted by Gasteiger charge is -2.01. The van der Waals surface area contributed by atoms with Crippen LogP contribution in [0.4, 0.5) is 0 Å². The zero-order chi connectivity index (χ0) is 6.57. The van der Waals surface area contributed by atoms with Gasteiger partial charge in [0.2, 0.25) is 0 Å². The van der Waals surface area contributed by atoms with Gasteiger partial charge in [-0.2, -0.15) is 0 Å². The highest BCUT2D eigenvalue weighted by atomic mass is 28.2. The first-order chi connectivity index (χ1) is 3.72. The predicted molar refractivity (Wildman–Crippen MR) is 33.3 cm³/mol. The fourth-order valence-electron chi connectivity index (χ4n) is 0.502. The van der Waals surface area contributed by atoms with Crippen molar-refractivity contribution in [3.05, 3.63) is 0 Å². The minimum Gasteiger partial charge on any atom is -0.481 e. The molecule has 0 aliphatic heterocycles. The van der Waals surface area contributed by atoms with Gasteiger partial charge in [-0.3, -0.25) is 4.79 Å². The van der Waals surface area contributed by atoms with Crippen LogP contribution in [0.25, 0.3) is 0 Å². The lowest BCUT2D eigenvalue weighted by Crippen LogP contribution is -2.10. The normalized spacial score (nSPS) is 13.2. The van der Waals surface area contributed by atoms with Crippen molar-refractivity contribution < 1.29 is 9.90 Å². The number of hydrogen-bond acceptors (Lipinski definition) is 1. The highest BCUT2D eigenvalue weighted by Gasteiger charge is 2.11. The quantitative estimate of drug-likeness (QED) is 0.579. The van der Waals surface area contributed by atoms with Crippen LogP contribution in [-0.4, -0.2) is 20.6 Å². The van der Waals surface area contributed by atoms with E-state index in [-0.39, 0.29) is 5.54 Å². The largest absolute Gasteiger partial charge is 0.481 e. The summed E-state index contributed by atoms with van der Waals surface area (Å²) in [4.78, 5) is 10.2. The van der Waals surface area contributed by atoms with Crippen LogP contribution in [0.3, 0.4) is 0 Å². The van der Waals surface area contributed by atoms with Gasteiger partial charge in [-0.15, -0.1) is 0 Å². The summed E-state index contributed by atoms with van der Waals surface area (Å²) in [6, 6.07) is 0. The minimum atomic E-state index is -0.659. The Hall–Kier alpha value is -0.313. The SMILES string of the molecule is CCC([Si]C)C(=O)O. The van der Waals surface area contributed by atoms with Gasteiger partial charge in [-0.25, -0.2) is 0 Å². The van der Waals surface area contributed by atoms with Crippen LogP contribution in [0.1, 0.15) is 13.3 Å². The zero-order valence-corrected chi connectivity index (χ0v) is 6.14. The summed E-state index contributed by atoms with van der Waals surface area (Å²) in [7, 11) is 0.530. The number of carbonyl (C=O) groups is 1. The molecule has 0 spiro atoms. The van der Waals surface area contributed by atoms with Gasteiger partial charge in [0.25, 0.3) is 0 Å². The van der Waals surface area contributed by atoms with Gasteiger partial charge >= 0.3 is 5.97 Å². The third-order valence-electron chi connectivity index (χ3n) is 1.05. The second kappa shape index (κ2) is 3.66. The Bertz CT molecular complexity index is 78.5. The molecular weight excluding hydrogens is 120 g/mol. The third-order valence-corrected chi connectivity index (χ3v) is 2.41. The van der Waals surface area contributed by atoms with Crippen molar-refractivity contribution >= 4 is 15.5 Å². The molecule has 0 bridgehead atoms. The molecular formula is C5H10O2Si. The molecule has 1 unspecified atom stereocenters. The first kappa shape index (κ1) is 7.69. The predicted octanol–water partition coefficient (Wildman–Crippen LogP) is 1.02. The Labute approximate surface area is 51.7 Å². The highest BCUT2D eigenvalue weighted by Crippen LogP contribution is 2.06. The van der Waals surface area contributed by atoms with Crippen LogP contribution in [0.15, 0.2) is 0 Å². The maximum absolute atomic E-state index is 10.2. The number of hydrogen-bond donors (Lipinski definition) is 1. The fraction of sp³-hybridized carbons (Fsp3) is 0.800. The Kier molecular flexibility index (Phi) is 3.52. The van der Waals surface area contributed by atoms with E-state index in [2.05, 4.69) is 0 Å². The molecule has 0 heterocycles. The van der Waals surface area contributed by atoms with Crippen LogP contribution in [0.5, 0.6) is 0 Å². The molecule has 0 aromatic rings. The van der Waals surface area contributed by atoms with E-state index < -0.39 is 5.97 Å². The number of aliphatic carboxylic acids is 1. The summed E-state index contributed by atoms with van der Waals surface area (Å²) < 4.78 is 0. The second-order valence-corrected chi connectivity index (χ2v) is 2.86. The van der Waals surface area contributed by atoms with Crippen molar-refractivity contribution in [3.63, 3.8) is 0 Å². The van der Waals surface area contributed by atoms with Crippen molar-refractivity contribution in [1.82, 2.24) is 0 Å². The van der Waals surface area contributed by atoms with E-state index in [1.807, 2.05) is 13.5 Å². The molecule has 1 atom stereocenters. The molecule has 46 valence electrons. The van der Waals surface area contributed by atoms with E-state index >= 15 is 0 Å². The number of rotatable bonds is 3. The molecule has 3 heteroatoms. The maximum Gasteiger partial charge on any atom is 0.303 e. The van der Waals surface area contributed by atoms with Crippen molar-refractivity contribution in [2.24, 2.45) is 0 Å². The lowest BCUT2D eigenvalue weighted by atomic mass is 10.3. The van der Waals surface area contributed by atoms with E-state index in [1.54, 1.807) is 0 Å². The molecule has 2 nitrogen and oxygen atoms in total. The lowest BCUT2D eigenvalue weighted by molar-refractivity contribution is -0.136. The summed E-state index contributed by atoms with van der Waals surface area (Å²) in [6.45, 7) is 3.82. The summed E-state index contributed by atoms with van der Waals surface area (Å²) in [5.74, 6) is -0.659. The Morgan fingerprint density at radius 1 is 1.88 bits per heavy atom. The van der Waals surface area contributed by atoms with Crippen LogP contribution in [0, 0.1) is 0 Å². The van der Waals surface area contributed by atoms with Gasteiger partial charge < -0.3 is 5.11 Å². The average Bonchev–Trinajstić information content (AvgIpc) is 1.69. The van der Waals surface area contributed by atoms with Gasteiger partial charge in [0.1, 0.15) is 0 Å². The van der Waals surface area contributed by atoms with Gasteiger partial charge in [0.15, 0.2) is 0 Å². The average molecular weight is 130 g/mol. The molecule has 0 aliphatic rings. The van der Waals surface area contributed by atoms with Crippen molar-refractivity contribution in [3.8, 4) is 0 Å². The van der Waals surface area contributed by atoms with Crippen molar-refractivity contribution in [2.75, 3.05) is 0 Å². The molecule has 0 aromatic carbocycles. The molecule has 1 N–H and O–H groups in total. The van der Waals surface area contributed by atoms with Gasteiger partial charge in [-0.05, 0) is 6.42 Å². The van der Waals surface area contributed by atoms with E-state index in [0.717, 1.165) is 6.42 Å². The van der Waals surface area contributed by atoms with Crippen molar-refractivity contribution in [2.45, 2.75) is 25.4 Å². The van der Waals surface area contributed by atoms with E-state index in [4.69, 9.17) is 5.11 Å². The molecule has 2 radical (unpaired) electrons. The van der Waals surface area contributed by atoms with Crippen LogP contribution < -0.4 is 0 Å². The molecule has 0 saturated heterocycles. The fourth-order valence-corrected chi connectivity index (χ4v) is 1.16. The summed E-state index contributed by atoms with van der Waals surface area (Å²) in [6.07, 6.45) is 0.754. The molecule has 8 heavy (non-hydrogen) atoms. The van der Waals surface area contributed by atoms with E-state index in [9.17, 15) is 4.79 Å². The molecule has 0 aliphatic carbocycles.